The number of aliphatic hydroxyl groups is 2. The van der Waals surface area contributed by atoms with Crippen LogP contribution >= 0.6 is 11.6 Å². The highest BCUT2D eigenvalue weighted by atomic mass is 35.5. The second-order valence-electron chi connectivity index (χ2n) is 6.87. The molecule has 0 bridgehead atoms. The molecule has 1 aliphatic heterocycles. The fraction of sp³-hybridized carbons (Fsp3) is 0.421. The van der Waals surface area contributed by atoms with Gasteiger partial charge in [-0.05, 0) is 31.1 Å². The van der Waals surface area contributed by atoms with Gasteiger partial charge in [-0.15, -0.1) is 0 Å². The zero-order valence-corrected chi connectivity index (χ0v) is 14.7. The minimum absolute atomic E-state index is 0.478. The second kappa shape index (κ2) is 6.92. The molecule has 2 heterocycles. The molecule has 0 unspecified atom stereocenters. The standard InChI is InChI=1S/C19H22ClN3O2/c20-14-7-5-13(6-8-14)9-23-16-4-2-1-3-15(16)21-19(23)12-22-10-17(24)18(25)11-22/h1-5,7,17-18,24-25H,6,8-12H2/t17-,18-/m1/s1. The monoisotopic (exact) mass is 359 g/mol. The van der Waals surface area contributed by atoms with Crippen LogP contribution in [-0.2, 0) is 13.1 Å². The van der Waals surface area contributed by atoms with Gasteiger partial charge in [-0.1, -0.05) is 35.4 Å². The molecule has 0 amide bonds. The summed E-state index contributed by atoms with van der Waals surface area (Å²) in [6, 6.07) is 8.13. The van der Waals surface area contributed by atoms with Crippen LogP contribution in [0.2, 0.25) is 0 Å². The number of aromatic nitrogens is 2. The zero-order valence-electron chi connectivity index (χ0n) is 14.0. The van der Waals surface area contributed by atoms with E-state index in [0.717, 1.165) is 41.3 Å². The topological polar surface area (TPSA) is 61.5 Å². The van der Waals surface area contributed by atoms with Crippen molar-refractivity contribution in [3.63, 3.8) is 0 Å². The van der Waals surface area contributed by atoms with Crippen LogP contribution in [0.4, 0.5) is 0 Å². The van der Waals surface area contributed by atoms with Gasteiger partial charge in [-0.25, -0.2) is 4.98 Å². The molecule has 132 valence electrons. The molecule has 1 fully saturated rings. The van der Waals surface area contributed by atoms with Gasteiger partial charge in [0.1, 0.15) is 5.82 Å². The number of allylic oxidation sites excluding steroid dienone is 4. The first-order valence-corrected chi connectivity index (χ1v) is 9.04. The highest BCUT2D eigenvalue weighted by molar-refractivity contribution is 6.29. The fourth-order valence-corrected chi connectivity index (χ4v) is 3.75. The van der Waals surface area contributed by atoms with E-state index in [0.29, 0.717) is 19.6 Å². The summed E-state index contributed by atoms with van der Waals surface area (Å²) in [5, 5.41) is 20.5. The van der Waals surface area contributed by atoms with Crippen molar-refractivity contribution in [2.24, 2.45) is 0 Å². The molecule has 2 atom stereocenters. The molecule has 5 nitrogen and oxygen atoms in total. The summed E-state index contributed by atoms with van der Waals surface area (Å²) in [6.45, 7) is 2.36. The minimum atomic E-state index is -0.675. The lowest BCUT2D eigenvalue weighted by molar-refractivity contribution is 0.0572. The van der Waals surface area contributed by atoms with E-state index in [2.05, 4.69) is 21.6 Å². The Kier molecular flexibility index (Phi) is 4.65. The third-order valence-electron chi connectivity index (χ3n) is 4.98. The molecule has 2 aliphatic rings. The average molecular weight is 360 g/mol. The van der Waals surface area contributed by atoms with Gasteiger partial charge in [-0.3, -0.25) is 4.90 Å². The number of fused-ring (bicyclic) bond motifs is 1. The molecule has 2 aromatic rings. The van der Waals surface area contributed by atoms with E-state index in [1.54, 1.807) is 0 Å². The molecule has 1 aromatic carbocycles. The van der Waals surface area contributed by atoms with Crippen molar-refractivity contribution in [1.29, 1.82) is 0 Å². The van der Waals surface area contributed by atoms with Gasteiger partial charge in [0, 0.05) is 24.7 Å². The normalized spacial score (nSPS) is 24.6. The number of benzene rings is 1. The van der Waals surface area contributed by atoms with Crippen molar-refractivity contribution in [3.05, 3.63) is 52.8 Å². The van der Waals surface area contributed by atoms with E-state index in [4.69, 9.17) is 16.6 Å². The molecule has 0 saturated carbocycles. The number of halogens is 1. The molecule has 0 radical (unpaired) electrons. The van der Waals surface area contributed by atoms with Crippen LogP contribution in [0.3, 0.4) is 0 Å². The SMILES string of the molecule is O[C@@H]1CN(Cc2nc3ccccc3n2CC2=CC=C(Cl)CC2)C[C@H]1O. The van der Waals surface area contributed by atoms with E-state index in [1.165, 1.54) is 5.57 Å². The molecule has 1 saturated heterocycles. The summed E-state index contributed by atoms with van der Waals surface area (Å²) in [7, 11) is 0. The maximum Gasteiger partial charge on any atom is 0.124 e. The van der Waals surface area contributed by atoms with Crippen molar-refractivity contribution in [2.45, 2.75) is 38.1 Å². The molecule has 1 aromatic heterocycles. The number of rotatable bonds is 4. The molecule has 25 heavy (non-hydrogen) atoms. The Bertz CT molecular complexity index is 832. The molecule has 4 rings (SSSR count). The quantitative estimate of drug-likeness (QED) is 0.880. The van der Waals surface area contributed by atoms with Gasteiger partial charge in [0.15, 0.2) is 0 Å². The number of hydrogen-bond donors (Lipinski definition) is 2. The minimum Gasteiger partial charge on any atom is -0.389 e. The number of hydrogen-bond acceptors (Lipinski definition) is 4. The van der Waals surface area contributed by atoms with Crippen LogP contribution in [0.25, 0.3) is 11.0 Å². The number of imidazole rings is 1. The van der Waals surface area contributed by atoms with Gasteiger partial charge >= 0.3 is 0 Å². The molecule has 1 aliphatic carbocycles. The maximum atomic E-state index is 9.79. The smallest absolute Gasteiger partial charge is 0.124 e. The summed E-state index contributed by atoms with van der Waals surface area (Å²) in [5.41, 5.74) is 3.41. The summed E-state index contributed by atoms with van der Waals surface area (Å²) in [4.78, 5) is 6.85. The Morgan fingerprint density at radius 2 is 1.80 bits per heavy atom. The van der Waals surface area contributed by atoms with Crippen molar-refractivity contribution in [3.8, 4) is 0 Å². The molecule has 2 N–H and O–H groups in total. The first-order valence-electron chi connectivity index (χ1n) is 8.67. The largest absolute Gasteiger partial charge is 0.389 e. The van der Waals surface area contributed by atoms with Gasteiger partial charge < -0.3 is 14.8 Å². The number of para-hydroxylation sites is 2. The zero-order chi connectivity index (χ0) is 17.4. The van der Waals surface area contributed by atoms with Gasteiger partial charge in [0.2, 0.25) is 0 Å². The second-order valence-corrected chi connectivity index (χ2v) is 7.36. The lowest BCUT2D eigenvalue weighted by Crippen LogP contribution is -2.24. The lowest BCUT2D eigenvalue weighted by Gasteiger charge is -2.18. The van der Waals surface area contributed by atoms with Crippen LogP contribution in [-0.4, -0.2) is 50.0 Å². The Morgan fingerprint density at radius 3 is 2.52 bits per heavy atom. The molecular weight excluding hydrogens is 338 g/mol. The third kappa shape index (κ3) is 3.51. The average Bonchev–Trinajstić information content (AvgIpc) is 3.10. The van der Waals surface area contributed by atoms with E-state index < -0.39 is 12.2 Å². The highest BCUT2D eigenvalue weighted by Gasteiger charge is 2.30. The summed E-state index contributed by atoms with van der Waals surface area (Å²) in [5.74, 6) is 0.962. The van der Waals surface area contributed by atoms with Crippen molar-refractivity contribution < 1.29 is 10.2 Å². The molecular formula is C19H22ClN3O2. The Hall–Kier alpha value is -1.66. The van der Waals surface area contributed by atoms with Gasteiger partial charge in [0.05, 0.1) is 29.8 Å². The summed E-state index contributed by atoms with van der Waals surface area (Å²) in [6.07, 6.45) is 4.58. The number of aliphatic hydroxyl groups excluding tert-OH is 2. The highest BCUT2D eigenvalue weighted by Crippen LogP contribution is 2.25. The first-order chi connectivity index (χ1) is 12.1. The molecule has 0 spiro atoms. The Labute approximate surface area is 151 Å². The number of nitrogens with zero attached hydrogens (tertiary/aromatic N) is 3. The third-order valence-corrected chi connectivity index (χ3v) is 5.29. The molecule has 6 heteroatoms. The van der Waals surface area contributed by atoms with E-state index >= 15 is 0 Å². The predicted octanol–water partition coefficient (Wildman–Crippen LogP) is 2.42. The van der Waals surface area contributed by atoms with Crippen molar-refractivity contribution >= 4 is 22.6 Å². The van der Waals surface area contributed by atoms with Gasteiger partial charge in [0.25, 0.3) is 0 Å². The number of β-amino-alcohol motifs (C(OH)–C–C–N with tert-alkyl or cyclic N) is 2. The van der Waals surface area contributed by atoms with Gasteiger partial charge in [-0.2, -0.15) is 0 Å². The summed E-state index contributed by atoms with van der Waals surface area (Å²) >= 11 is 6.07. The fourth-order valence-electron chi connectivity index (χ4n) is 3.59. The van der Waals surface area contributed by atoms with Crippen LogP contribution < -0.4 is 0 Å². The van der Waals surface area contributed by atoms with E-state index in [-0.39, 0.29) is 0 Å². The maximum absolute atomic E-state index is 9.79. The summed E-state index contributed by atoms with van der Waals surface area (Å²) < 4.78 is 2.24. The van der Waals surface area contributed by atoms with E-state index in [1.807, 2.05) is 24.3 Å². The first kappa shape index (κ1) is 16.8. The Balaban J connectivity index is 1.64. The van der Waals surface area contributed by atoms with Crippen molar-refractivity contribution in [2.75, 3.05) is 13.1 Å². The Morgan fingerprint density at radius 1 is 1.04 bits per heavy atom. The number of likely N-dealkylation sites (tertiary alicyclic amines) is 1. The van der Waals surface area contributed by atoms with Crippen LogP contribution in [0.15, 0.2) is 47.0 Å². The van der Waals surface area contributed by atoms with Crippen molar-refractivity contribution in [1.82, 2.24) is 14.5 Å². The van der Waals surface area contributed by atoms with Crippen LogP contribution in [0.5, 0.6) is 0 Å². The predicted molar refractivity (Wildman–Crippen MR) is 98.3 cm³/mol. The lowest BCUT2D eigenvalue weighted by atomic mass is 10.0. The van der Waals surface area contributed by atoms with Crippen LogP contribution in [0.1, 0.15) is 18.7 Å². The van der Waals surface area contributed by atoms with E-state index in [9.17, 15) is 10.2 Å². The van der Waals surface area contributed by atoms with Crippen LogP contribution in [0, 0.1) is 0 Å².